The van der Waals surface area contributed by atoms with E-state index in [0.29, 0.717) is 11.6 Å². The van der Waals surface area contributed by atoms with Crippen molar-refractivity contribution in [2.45, 2.75) is 50.6 Å². The van der Waals surface area contributed by atoms with Gasteiger partial charge in [0.1, 0.15) is 0 Å². The van der Waals surface area contributed by atoms with Crippen LogP contribution in [0.3, 0.4) is 0 Å². The maximum absolute atomic E-state index is 5.95. The maximum Gasteiger partial charge on any atom is 0.0335 e. The highest BCUT2D eigenvalue weighted by atomic mass is 15.3. The molecule has 0 amide bonds. The van der Waals surface area contributed by atoms with Gasteiger partial charge in [0, 0.05) is 37.8 Å². The van der Waals surface area contributed by atoms with E-state index in [-0.39, 0.29) is 0 Å². The summed E-state index contributed by atoms with van der Waals surface area (Å²) in [6.07, 6.45) is 6.96. The van der Waals surface area contributed by atoms with Crippen LogP contribution in [0.1, 0.15) is 39.0 Å². The first kappa shape index (κ1) is 11.4. The van der Waals surface area contributed by atoms with Crippen molar-refractivity contribution in [2.75, 3.05) is 26.2 Å². The Labute approximate surface area is 93.4 Å². The molecule has 1 unspecified atom stereocenters. The predicted molar refractivity (Wildman–Crippen MR) is 63.9 cm³/mol. The molecule has 3 heteroatoms. The lowest BCUT2D eigenvalue weighted by Gasteiger charge is -2.50. The standard InChI is InChI=1S/C12H25N3/c1-11(13)9-15-8-7-14-10-12(15)5-3-2-4-6-12/h11,14H,2-10,13H2,1H3. The van der Waals surface area contributed by atoms with Gasteiger partial charge in [-0.25, -0.2) is 0 Å². The lowest BCUT2D eigenvalue weighted by Crippen LogP contribution is -2.63. The lowest BCUT2D eigenvalue weighted by atomic mass is 9.79. The summed E-state index contributed by atoms with van der Waals surface area (Å²) in [5.41, 5.74) is 6.40. The van der Waals surface area contributed by atoms with E-state index in [2.05, 4.69) is 17.1 Å². The molecule has 3 nitrogen and oxygen atoms in total. The molecule has 1 atom stereocenters. The molecular formula is C12H25N3. The highest BCUT2D eigenvalue weighted by molar-refractivity contribution is 4.98. The van der Waals surface area contributed by atoms with Crippen LogP contribution in [0.4, 0.5) is 0 Å². The van der Waals surface area contributed by atoms with E-state index in [1.165, 1.54) is 45.2 Å². The van der Waals surface area contributed by atoms with E-state index in [4.69, 9.17) is 5.73 Å². The zero-order valence-corrected chi connectivity index (χ0v) is 9.97. The van der Waals surface area contributed by atoms with Crippen molar-refractivity contribution >= 4 is 0 Å². The average molecular weight is 211 g/mol. The van der Waals surface area contributed by atoms with Gasteiger partial charge in [0.2, 0.25) is 0 Å². The quantitative estimate of drug-likeness (QED) is 0.714. The third kappa shape index (κ3) is 2.52. The van der Waals surface area contributed by atoms with E-state index in [1.54, 1.807) is 0 Å². The Morgan fingerprint density at radius 3 is 2.73 bits per heavy atom. The van der Waals surface area contributed by atoms with Crippen molar-refractivity contribution in [1.82, 2.24) is 10.2 Å². The Morgan fingerprint density at radius 1 is 1.33 bits per heavy atom. The summed E-state index contributed by atoms with van der Waals surface area (Å²) in [6, 6.07) is 0.307. The molecule has 1 spiro atoms. The fourth-order valence-electron chi connectivity index (χ4n) is 3.22. The second-order valence-corrected chi connectivity index (χ2v) is 5.39. The highest BCUT2D eigenvalue weighted by Gasteiger charge is 2.39. The number of nitrogens with zero attached hydrogens (tertiary/aromatic N) is 1. The smallest absolute Gasteiger partial charge is 0.0335 e. The topological polar surface area (TPSA) is 41.3 Å². The summed E-state index contributed by atoms with van der Waals surface area (Å²) in [5.74, 6) is 0. The maximum atomic E-state index is 5.95. The molecule has 1 aliphatic carbocycles. The Kier molecular flexibility index (Phi) is 3.65. The van der Waals surface area contributed by atoms with E-state index >= 15 is 0 Å². The molecule has 15 heavy (non-hydrogen) atoms. The van der Waals surface area contributed by atoms with Crippen LogP contribution in [0.25, 0.3) is 0 Å². The van der Waals surface area contributed by atoms with Crippen molar-refractivity contribution in [2.24, 2.45) is 5.73 Å². The molecule has 88 valence electrons. The second kappa shape index (κ2) is 4.81. The summed E-state index contributed by atoms with van der Waals surface area (Å²) in [4.78, 5) is 2.66. The van der Waals surface area contributed by atoms with Gasteiger partial charge in [-0.05, 0) is 19.8 Å². The van der Waals surface area contributed by atoms with E-state index in [0.717, 1.165) is 13.1 Å². The monoisotopic (exact) mass is 211 g/mol. The summed E-state index contributed by atoms with van der Waals surface area (Å²) >= 11 is 0. The Balaban J connectivity index is 2.03. The fraction of sp³-hybridized carbons (Fsp3) is 1.00. The van der Waals surface area contributed by atoms with Crippen LogP contribution in [-0.2, 0) is 0 Å². The molecule has 2 rings (SSSR count). The molecule has 1 saturated carbocycles. The number of piperazine rings is 1. The zero-order chi connectivity index (χ0) is 10.7. The minimum Gasteiger partial charge on any atom is -0.327 e. The Hall–Kier alpha value is -0.120. The molecule has 3 N–H and O–H groups in total. The van der Waals surface area contributed by atoms with Crippen LogP contribution in [0.2, 0.25) is 0 Å². The molecule has 0 aromatic carbocycles. The van der Waals surface area contributed by atoms with Gasteiger partial charge in [-0.1, -0.05) is 19.3 Å². The summed E-state index contributed by atoms with van der Waals surface area (Å²) in [7, 11) is 0. The molecule has 2 aliphatic rings. The SMILES string of the molecule is CC(N)CN1CCNCC12CCCCC2. The van der Waals surface area contributed by atoms with Gasteiger partial charge in [-0.3, -0.25) is 4.90 Å². The zero-order valence-electron chi connectivity index (χ0n) is 9.97. The lowest BCUT2D eigenvalue weighted by molar-refractivity contribution is 0.0244. The molecule has 1 saturated heterocycles. The van der Waals surface area contributed by atoms with Crippen LogP contribution in [0.5, 0.6) is 0 Å². The van der Waals surface area contributed by atoms with Crippen molar-refractivity contribution in [3.8, 4) is 0 Å². The van der Waals surface area contributed by atoms with Crippen molar-refractivity contribution < 1.29 is 0 Å². The van der Waals surface area contributed by atoms with Crippen LogP contribution < -0.4 is 11.1 Å². The minimum absolute atomic E-state index is 0.307. The van der Waals surface area contributed by atoms with Crippen LogP contribution in [0.15, 0.2) is 0 Å². The van der Waals surface area contributed by atoms with Gasteiger partial charge in [0.25, 0.3) is 0 Å². The van der Waals surface area contributed by atoms with Gasteiger partial charge >= 0.3 is 0 Å². The van der Waals surface area contributed by atoms with Gasteiger partial charge in [-0.15, -0.1) is 0 Å². The van der Waals surface area contributed by atoms with Crippen molar-refractivity contribution in [1.29, 1.82) is 0 Å². The minimum atomic E-state index is 0.307. The third-order valence-corrected chi connectivity index (χ3v) is 3.98. The summed E-state index contributed by atoms with van der Waals surface area (Å²) in [5, 5.41) is 3.57. The van der Waals surface area contributed by atoms with Crippen LogP contribution in [0, 0.1) is 0 Å². The molecule has 0 bridgehead atoms. The number of hydrogen-bond acceptors (Lipinski definition) is 3. The number of nitrogens with two attached hydrogens (primary N) is 1. The normalized spacial score (nSPS) is 29.2. The van der Waals surface area contributed by atoms with Gasteiger partial charge < -0.3 is 11.1 Å². The fourth-order valence-corrected chi connectivity index (χ4v) is 3.22. The van der Waals surface area contributed by atoms with Gasteiger partial charge in [0.15, 0.2) is 0 Å². The third-order valence-electron chi connectivity index (χ3n) is 3.98. The number of nitrogens with one attached hydrogen (secondary N) is 1. The molecule has 2 fully saturated rings. The first-order chi connectivity index (χ1) is 7.23. The first-order valence-corrected chi connectivity index (χ1v) is 6.44. The van der Waals surface area contributed by atoms with E-state index in [9.17, 15) is 0 Å². The van der Waals surface area contributed by atoms with Crippen LogP contribution >= 0.6 is 0 Å². The predicted octanol–water partition coefficient (Wildman–Crippen LogP) is 0.942. The highest BCUT2D eigenvalue weighted by Crippen LogP contribution is 2.34. The first-order valence-electron chi connectivity index (χ1n) is 6.44. The number of rotatable bonds is 2. The van der Waals surface area contributed by atoms with Gasteiger partial charge in [-0.2, -0.15) is 0 Å². The average Bonchev–Trinajstić information content (AvgIpc) is 2.23. The van der Waals surface area contributed by atoms with Crippen LogP contribution in [-0.4, -0.2) is 42.7 Å². The Morgan fingerprint density at radius 2 is 2.07 bits per heavy atom. The molecule has 0 radical (unpaired) electrons. The Bertz CT molecular complexity index is 189. The van der Waals surface area contributed by atoms with Crippen molar-refractivity contribution in [3.05, 3.63) is 0 Å². The summed E-state index contributed by atoms with van der Waals surface area (Å²) in [6.45, 7) is 6.69. The van der Waals surface area contributed by atoms with E-state index in [1.807, 2.05) is 0 Å². The largest absolute Gasteiger partial charge is 0.327 e. The van der Waals surface area contributed by atoms with Crippen molar-refractivity contribution in [3.63, 3.8) is 0 Å². The molecular weight excluding hydrogens is 186 g/mol. The summed E-state index contributed by atoms with van der Waals surface area (Å²) < 4.78 is 0. The second-order valence-electron chi connectivity index (χ2n) is 5.39. The molecule has 1 heterocycles. The van der Waals surface area contributed by atoms with E-state index < -0.39 is 0 Å². The van der Waals surface area contributed by atoms with Gasteiger partial charge in [0.05, 0.1) is 0 Å². The number of hydrogen-bond donors (Lipinski definition) is 2. The molecule has 1 aliphatic heterocycles. The molecule has 0 aromatic heterocycles. The molecule has 0 aromatic rings.